The highest BCUT2D eigenvalue weighted by molar-refractivity contribution is 5.76. The highest BCUT2D eigenvalue weighted by Crippen LogP contribution is 2.08. The maximum atomic E-state index is 11.4. The second-order valence-electron chi connectivity index (χ2n) is 4.39. The van der Waals surface area contributed by atoms with Crippen LogP contribution in [0.4, 0.5) is 0 Å². The lowest BCUT2D eigenvalue weighted by atomic mass is 10.1. The van der Waals surface area contributed by atoms with Gasteiger partial charge >= 0.3 is 0 Å². The molecule has 0 radical (unpaired) electrons. The molecule has 0 aliphatic heterocycles. The average Bonchev–Trinajstić information content (AvgIpc) is 2.44. The molecule has 0 heterocycles. The second-order valence-corrected chi connectivity index (χ2v) is 4.39. The van der Waals surface area contributed by atoms with Crippen molar-refractivity contribution in [2.75, 3.05) is 26.8 Å². The smallest absolute Gasteiger partial charge is 0.221 e. The van der Waals surface area contributed by atoms with Crippen LogP contribution in [0.2, 0.25) is 0 Å². The Hall–Kier alpha value is -1.39. The molecule has 1 aromatic rings. The number of benzene rings is 1. The third-order valence-corrected chi connectivity index (χ3v) is 2.97. The summed E-state index contributed by atoms with van der Waals surface area (Å²) in [6, 6.07) is 8.39. The number of ether oxygens (including phenoxy) is 1. The lowest BCUT2D eigenvalue weighted by Crippen LogP contribution is -2.30. The first kappa shape index (κ1) is 15.7. The molecule has 1 rings (SSSR count). The van der Waals surface area contributed by atoms with E-state index in [4.69, 9.17) is 4.74 Å². The highest BCUT2D eigenvalue weighted by Gasteiger charge is 2.01. The van der Waals surface area contributed by atoms with E-state index < -0.39 is 0 Å². The van der Waals surface area contributed by atoms with Gasteiger partial charge in [0.25, 0.3) is 0 Å². The van der Waals surface area contributed by atoms with Crippen LogP contribution in [0.5, 0.6) is 0 Å². The van der Waals surface area contributed by atoms with Gasteiger partial charge in [0.2, 0.25) is 5.91 Å². The molecule has 1 amide bonds. The molecule has 0 aliphatic rings. The van der Waals surface area contributed by atoms with Gasteiger partial charge in [0.05, 0.1) is 6.61 Å². The second kappa shape index (κ2) is 9.53. The Balaban J connectivity index is 2.18. The maximum absolute atomic E-state index is 11.4. The van der Waals surface area contributed by atoms with E-state index in [0.29, 0.717) is 26.1 Å². The highest BCUT2D eigenvalue weighted by atomic mass is 16.5. The van der Waals surface area contributed by atoms with Crippen LogP contribution in [0, 0.1) is 0 Å². The van der Waals surface area contributed by atoms with Crippen molar-refractivity contribution >= 4 is 5.91 Å². The molecule has 0 saturated carbocycles. The number of aryl methyl sites for hydroxylation is 1. The van der Waals surface area contributed by atoms with Gasteiger partial charge < -0.3 is 15.4 Å². The fraction of sp³-hybridized carbons (Fsp3) is 0.533. The zero-order valence-electron chi connectivity index (χ0n) is 11.9. The normalized spacial score (nSPS) is 10.4. The van der Waals surface area contributed by atoms with Crippen LogP contribution in [-0.4, -0.2) is 32.7 Å². The summed E-state index contributed by atoms with van der Waals surface area (Å²) in [7, 11) is 1.62. The molecule has 19 heavy (non-hydrogen) atoms. The van der Waals surface area contributed by atoms with Gasteiger partial charge in [-0.3, -0.25) is 4.79 Å². The van der Waals surface area contributed by atoms with E-state index in [0.717, 1.165) is 13.0 Å². The summed E-state index contributed by atoms with van der Waals surface area (Å²) < 4.78 is 4.87. The minimum Gasteiger partial charge on any atom is -0.383 e. The molecular formula is C15H24N2O2. The minimum atomic E-state index is 0.0633. The van der Waals surface area contributed by atoms with Gasteiger partial charge in [-0.05, 0) is 17.5 Å². The number of carbonyl (C=O) groups excluding carboxylic acids is 1. The molecule has 0 fully saturated rings. The number of rotatable bonds is 9. The molecule has 0 aromatic heterocycles. The number of methoxy groups -OCH3 is 1. The largest absolute Gasteiger partial charge is 0.383 e. The van der Waals surface area contributed by atoms with E-state index in [-0.39, 0.29) is 5.91 Å². The quantitative estimate of drug-likeness (QED) is 0.664. The number of hydrogen-bond donors (Lipinski definition) is 2. The van der Waals surface area contributed by atoms with Crippen molar-refractivity contribution in [1.82, 2.24) is 10.6 Å². The van der Waals surface area contributed by atoms with Crippen molar-refractivity contribution in [3.05, 3.63) is 35.4 Å². The van der Waals surface area contributed by atoms with Crippen molar-refractivity contribution in [2.24, 2.45) is 0 Å². The van der Waals surface area contributed by atoms with Crippen LogP contribution < -0.4 is 10.6 Å². The third-order valence-electron chi connectivity index (χ3n) is 2.97. The fourth-order valence-electron chi connectivity index (χ4n) is 1.88. The van der Waals surface area contributed by atoms with E-state index in [2.05, 4.69) is 35.8 Å². The van der Waals surface area contributed by atoms with Crippen LogP contribution in [0.25, 0.3) is 0 Å². The molecule has 0 atom stereocenters. The van der Waals surface area contributed by atoms with Gasteiger partial charge in [0.1, 0.15) is 0 Å². The molecule has 0 unspecified atom stereocenters. The van der Waals surface area contributed by atoms with E-state index in [1.165, 1.54) is 11.1 Å². The van der Waals surface area contributed by atoms with Crippen LogP contribution >= 0.6 is 0 Å². The Bertz CT molecular complexity index is 380. The van der Waals surface area contributed by atoms with Gasteiger partial charge in [-0.15, -0.1) is 0 Å². The summed E-state index contributed by atoms with van der Waals surface area (Å²) in [5, 5.41) is 6.11. The average molecular weight is 264 g/mol. The molecule has 1 aromatic carbocycles. The minimum absolute atomic E-state index is 0.0633. The summed E-state index contributed by atoms with van der Waals surface area (Å²) in [5.74, 6) is 0.0633. The molecule has 2 N–H and O–H groups in total. The van der Waals surface area contributed by atoms with E-state index in [1.54, 1.807) is 7.11 Å². The van der Waals surface area contributed by atoms with Gasteiger partial charge in [0, 0.05) is 33.2 Å². The Morgan fingerprint density at radius 3 is 2.63 bits per heavy atom. The number of hydrogen-bond acceptors (Lipinski definition) is 3. The molecule has 4 heteroatoms. The molecule has 4 nitrogen and oxygen atoms in total. The first-order valence-corrected chi connectivity index (χ1v) is 6.81. The summed E-state index contributed by atoms with van der Waals surface area (Å²) in [6.07, 6.45) is 1.54. The van der Waals surface area contributed by atoms with Gasteiger partial charge in [-0.2, -0.15) is 0 Å². The summed E-state index contributed by atoms with van der Waals surface area (Å²) in [5.41, 5.74) is 2.67. The van der Waals surface area contributed by atoms with Crippen LogP contribution in [0.15, 0.2) is 24.3 Å². The monoisotopic (exact) mass is 264 g/mol. The third kappa shape index (κ3) is 6.36. The van der Waals surface area contributed by atoms with E-state index >= 15 is 0 Å². The predicted molar refractivity (Wildman–Crippen MR) is 77.0 cm³/mol. The molecule has 0 aliphatic carbocycles. The number of carbonyl (C=O) groups is 1. The van der Waals surface area contributed by atoms with Crippen LogP contribution in [0.1, 0.15) is 24.5 Å². The Morgan fingerprint density at radius 1 is 1.21 bits per heavy atom. The molecule has 0 spiro atoms. The molecule has 0 bridgehead atoms. The van der Waals surface area contributed by atoms with Gasteiger partial charge in [-0.1, -0.05) is 31.2 Å². The Morgan fingerprint density at radius 2 is 1.95 bits per heavy atom. The first-order valence-electron chi connectivity index (χ1n) is 6.81. The van der Waals surface area contributed by atoms with Crippen molar-refractivity contribution in [3.8, 4) is 0 Å². The molecule has 106 valence electrons. The summed E-state index contributed by atoms with van der Waals surface area (Å²) in [4.78, 5) is 11.4. The summed E-state index contributed by atoms with van der Waals surface area (Å²) >= 11 is 0. The van der Waals surface area contributed by atoms with E-state index in [1.807, 2.05) is 6.07 Å². The topological polar surface area (TPSA) is 50.4 Å². The Labute approximate surface area is 115 Å². The fourth-order valence-corrected chi connectivity index (χ4v) is 1.88. The van der Waals surface area contributed by atoms with Gasteiger partial charge in [0.15, 0.2) is 0 Å². The lowest BCUT2D eigenvalue weighted by molar-refractivity contribution is -0.121. The maximum Gasteiger partial charge on any atom is 0.221 e. The van der Waals surface area contributed by atoms with Crippen LogP contribution in [0.3, 0.4) is 0 Å². The lowest BCUT2D eigenvalue weighted by Gasteiger charge is -2.09. The molecular weight excluding hydrogens is 240 g/mol. The number of amides is 1. The van der Waals surface area contributed by atoms with Crippen molar-refractivity contribution < 1.29 is 9.53 Å². The molecule has 0 saturated heterocycles. The SMILES string of the molecule is CCc1ccccc1CNCCC(=O)NCCOC. The zero-order chi connectivity index (χ0) is 13.9. The number of nitrogens with one attached hydrogen (secondary N) is 2. The first-order chi connectivity index (χ1) is 9.27. The Kier molecular flexibility index (Phi) is 7.86. The van der Waals surface area contributed by atoms with E-state index in [9.17, 15) is 4.79 Å². The van der Waals surface area contributed by atoms with Crippen LogP contribution in [-0.2, 0) is 22.5 Å². The van der Waals surface area contributed by atoms with Crippen molar-refractivity contribution in [1.29, 1.82) is 0 Å². The van der Waals surface area contributed by atoms with Gasteiger partial charge in [-0.25, -0.2) is 0 Å². The standard InChI is InChI=1S/C15H24N2O2/c1-3-13-6-4-5-7-14(13)12-16-9-8-15(18)17-10-11-19-2/h4-7,16H,3,8-12H2,1-2H3,(H,17,18). The zero-order valence-corrected chi connectivity index (χ0v) is 11.9. The van der Waals surface area contributed by atoms with Crippen molar-refractivity contribution in [2.45, 2.75) is 26.3 Å². The van der Waals surface area contributed by atoms with Crippen molar-refractivity contribution in [3.63, 3.8) is 0 Å². The predicted octanol–water partition coefficient (Wildman–Crippen LogP) is 1.49. The summed E-state index contributed by atoms with van der Waals surface area (Å²) in [6.45, 7) is 4.80.